The number of amides is 1. The average molecular weight is 341 g/mol. The predicted octanol–water partition coefficient (Wildman–Crippen LogP) is 3.13. The normalized spacial score (nSPS) is 12.2. The van der Waals surface area contributed by atoms with Gasteiger partial charge in [0.1, 0.15) is 0 Å². The summed E-state index contributed by atoms with van der Waals surface area (Å²) < 4.78 is 4.94. The minimum atomic E-state index is -0.252. The van der Waals surface area contributed by atoms with Gasteiger partial charge in [0.15, 0.2) is 0 Å². The van der Waals surface area contributed by atoms with E-state index in [0.29, 0.717) is 28.8 Å². The highest BCUT2D eigenvalue weighted by Crippen LogP contribution is 2.20. The van der Waals surface area contributed by atoms with Gasteiger partial charge in [-0.1, -0.05) is 39.1 Å². The highest BCUT2D eigenvalue weighted by atomic mass is 79.9. The van der Waals surface area contributed by atoms with Crippen LogP contribution < -0.4 is 5.32 Å². The number of carbonyl (C=O) groups is 1. The van der Waals surface area contributed by atoms with Crippen molar-refractivity contribution in [2.45, 2.75) is 4.83 Å². The smallest absolute Gasteiger partial charge is 0.252 e. The summed E-state index contributed by atoms with van der Waals surface area (Å²) >= 11 is 15.1. The molecule has 17 heavy (non-hydrogen) atoms. The lowest BCUT2D eigenvalue weighted by molar-refractivity contribution is 0.0950. The summed E-state index contributed by atoms with van der Waals surface area (Å²) in [7, 11) is 1.60. The Hall–Kier alpha value is -0.290. The number of nitrogens with one attached hydrogen (secondary N) is 1. The molecule has 1 amide bonds. The molecule has 0 heterocycles. The molecule has 1 rings (SSSR count). The minimum absolute atomic E-state index is 0.0643. The van der Waals surface area contributed by atoms with Crippen LogP contribution in [0, 0.1) is 0 Å². The maximum absolute atomic E-state index is 11.8. The van der Waals surface area contributed by atoms with Crippen LogP contribution in [0.5, 0.6) is 0 Å². The van der Waals surface area contributed by atoms with Gasteiger partial charge in [-0.25, -0.2) is 0 Å². The van der Waals surface area contributed by atoms with E-state index in [1.807, 2.05) is 0 Å². The van der Waals surface area contributed by atoms with Gasteiger partial charge in [-0.15, -0.1) is 0 Å². The molecule has 0 fully saturated rings. The molecular formula is C11H12BrCl2NO2. The van der Waals surface area contributed by atoms with E-state index in [0.717, 1.165) is 0 Å². The molecule has 0 aromatic heterocycles. The fraction of sp³-hybridized carbons (Fsp3) is 0.364. The van der Waals surface area contributed by atoms with Crippen molar-refractivity contribution in [3.8, 4) is 0 Å². The number of carbonyl (C=O) groups excluding carboxylic acids is 1. The van der Waals surface area contributed by atoms with Gasteiger partial charge < -0.3 is 10.1 Å². The van der Waals surface area contributed by atoms with Gasteiger partial charge in [0.05, 0.1) is 22.0 Å². The SMILES string of the molecule is COCC(Br)CNC(=O)c1cc(Cl)ccc1Cl. The molecule has 1 atom stereocenters. The molecule has 0 aliphatic heterocycles. The fourth-order valence-corrected chi connectivity index (χ4v) is 2.01. The lowest BCUT2D eigenvalue weighted by atomic mass is 10.2. The number of methoxy groups -OCH3 is 1. The Morgan fingerprint density at radius 1 is 1.53 bits per heavy atom. The molecule has 1 N–H and O–H groups in total. The van der Waals surface area contributed by atoms with Gasteiger partial charge in [-0.2, -0.15) is 0 Å². The van der Waals surface area contributed by atoms with Crippen LogP contribution in [-0.2, 0) is 4.74 Å². The summed E-state index contributed by atoms with van der Waals surface area (Å²) in [6, 6.07) is 4.78. The summed E-state index contributed by atoms with van der Waals surface area (Å²) in [4.78, 5) is 11.9. The molecule has 0 aliphatic carbocycles. The molecule has 1 aromatic carbocycles. The molecule has 1 unspecified atom stereocenters. The van der Waals surface area contributed by atoms with E-state index in [2.05, 4.69) is 21.2 Å². The van der Waals surface area contributed by atoms with E-state index in [9.17, 15) is 4.79 Å². The number of hydrogen-bond donors (Lipinski definition) is 1. The van der Waals surface area contributed by atoms with Gasteiger partial charge in [0, 0.05) is 18.7 Å². The van der Waals surface area contributed by atoms with Crippen molar-refractivity contribution in [2.24, 2.45) is 0 Å². The average Bonchev–Trinajstić information content (AvgIpc) is 2.29. The van der Waals surface area contributed by atoms with Gasteiger partial charge in [0.25, 0.3) is 5.91 Å². The number of halogens is 3. The highest BCUT2D eigenvalue weighted by Gasteiger charge is 2.12. The Balaban J connectivity index is 2.61. The van der Waals surface area contributed by atoms with Crippen molar-refractivity contribution < 1.29 is 9.53 Å². The number of rotatable bonds is 5. The maximum Gasteiger partial charge on any atom is 0.252 e. The van der Waals surface area contributed by atoms with Crippen LogP contribution in [-0.4, -0.2) is 31.0 Å². The van der Waals surface area contributed by atoms with Crippen LogP contribution >= 0.6 is 39.1 Å². The zero-order chi connectivity index (χ0) is 12.8. The van der Waals surface area contributed by atoms with E-state index < -0.39 is 0 Å². The third-order valence-electron chi connectivity index (χ3n) is 2.00. The first-order chi connectivity index (χ1) is 8.04. The quantitative estimate of drug-likeness (QED) is 0.836. The van der Waals surface area contributed by atoms with Crippen LogP contribution in [0.15, 0.2) is 18.2 Å². The number of benzene rings is 1. The Kier molecular flexibility index (Phi) is 6.27. The van der Waals surface area contributed by atoms with Crippen LogP contribution in [0.25, 0.3) is 0 Å². The number of ether oxygens (including phenoxy) is 1. The molecule has 0 radical (unpaired) electrons. The van der Waals surface area contributed by atoms with Crippen LogP contribution in [0.3, 0.4) is 0 Å². The van der Waals surface area contributed by atoms with E-state index in [1.54, 1.807) is 25.3 Å². The topological polar surface area (TPSA) is 38.3 Å². The molecule has 0 saturated heterocycles. The van der Waals surface area contributed by atoms with Crippen molar-refractivity contribution in [1.82, 2.24) is 5.32 Å². The Morgan fingerprint density at radius 3 is 2.88 bits per heavy atom. The van der Waals surface area contributed by atoms with Crippen molar-refractivity contribution in [3.63, 3.8) is 0 Å². The molecule has 0 aliphatic rings. The monoisotopic (exact) mass is 339 g/mol. The summed E-state index contributed by atoms with van der Waals surface area (Å²) in [5, 5.41) is 3.60. The number of alkyl halides is 1. The van der Waals surface area contributed by atoms with Crippen molar-refractivity contribution in [1.29, 1.82) is 0 Å². The summed E-state index contributed by atoms with van der Waals surface area (Å²) in [6.45, 7) is 0.971. The molecule has 0 bridgehead atoms. The van der Waals surface area contributed by atoms with Crippen molar-refractivity contribution in [2.75, 3.05) is 20.3 Å². The van der Waals surface area contributed by atoms with Crippen LogP contribution in [0.2, 0.25) is 10.0 Å². The third-order valence-corrected chi connectivity index (χ3v) is 3.16. The molecule has 1 aromatic rings. The first-order valence-corrected chi connectivity index (χ1v) is 6.58. The largest absolute Gasteiger partial charge is 0.383 e. The molecular weight excluding hydrogens is 329 g/mol. The summed E-state index contributed by atoms with van der Waals surface area (Å²) in [6.07, 6.45) is 0. The standard InChI is InChI=1S/C11H12BrCl2NO2/c1-17-6-7(12)5-15-11(16)9-4-8(13)2-3-10(9)14/h2-4,7H,5-6H2,1H3,(H,15,16). The van der Waals surface area contributed by atoms with Gasteiger partial charge in [-0.3, -0.25) is 4.79 Å². The lowest BCUT2D eigenvalue weighted by Gasteiger charge is -2.11. The van der Waals surface area contributed by atoms with Crippen LogP contribution in [0.1, 0.15) is 10.4 Å². The Labute approximate surface area is 119 Å². The second-order valence-corrected chi connectivity index (χ2v) is 5.53. The maximum atomic E-state index is 11.8. The predicted molar refractivity (Wildman–Crippen MR) is 73.4 cm³/mol. The second kappa shape index (κ2) is 7.21. The van der Waals surface area contributed by atoms with E-state index in [1.165, 1.54) is 0 Å². The molecule has 94 valence electrons. The Morgan fingerprint density at radius 2 is 2.24 bits per heavy atom. The first kappa shape index (κ1) is 14.8. The van der Waals surface area contributed by atoms with E-state index >= 15 is 0 Å². The second-order valence-electron chi connectivity index (χ2n) is 3.39. The minimum Gasteiger partial charge on any atom is -0.383 e. The first-order valence-electron chi connectivity index (χ1n) is 4.91. The lowest BCUT2D eigenvalue weighted by Crippen LogP contribution is -2.31. The number of hydrogen-bond acceptors (Lipinski definition) is 2. The zero-order valence-electron chi connectivity index (χ0n) is 9.17. The van der Waals surface area contributed by atoms with Gasteiger partial charge in [0.2, 0.25) is 0 Å². The molecule has 6 heteroatoms. The molecule has 3 nitrogen and oxygen atoms in total. The van der Waals surface area contributed by atoms with Crippen molar-refractivity contribution in [3.05, 3.63) is 33.8 Å². The summed E-state index contributed by atoms with van der Waals surface area (Å²) in [5.74, 6) is -0.252. The fourth-order valence-electron chi connectivity index (χ4n) is 1.21. The van der Waals surface area contributed by atoms with Gasteiger partial charge in [-0.05, 0) is 18.2 Å². The highest BCUT2D eigenvalue weighted by molar-refractivity contribution is 9.09. The van der Waals surface area contributed by atoms with Crippen molar-refractivity contribution >= 4 is 45.0 Å². The third kappa shape index (κ3) is 4.84. The zero-order valence-corrected chi connectivity index (χ0v) is 12.3. The van der Waals surface area contributed by atoms with Gasteiger partial charge >= 0.3 is 0 Å². The van der Waals surface area contributed by atoms with Crippen LogP contribution in [0.4, 0.5) is 0 Å². The van der Waals surface area contributed by atoms with E-state index in [-0.39, 0.29) is 10.7 Å². The molecule has 0 spiro atoms. The van der Waals surface area contributed by atoms with E-state index in [4.69, 9.17) is 27.9 Å². The Bertz CT molecular complexity index is 401. The summed E-state index contributed by atoms with van der Waals surface area (Å²) in [5.41, 5.74) is 0.372. The molecule has 0 saturated carbocycles.